The summed E-state index contributed by atoms with van der Waals surface area (Å²) in [6.45, 7) is -0.101. The Hall–Kier alpha value is -3.82. The second-order valence-electron chi connectivity index (χ2n) is 5.14. The van der Waals surface area contributed by atoms with Crippen LogP contribution in [0, 0.1) is 34.3 Å². The minimum Gasteiger partial charge on any atom is -0.480 e. The lowest BCUT2D eigenvalue weighted by atomic mass is 10.2. The fourth-order valence-corrected chi connectivity index (χ4v) is 1.61. The van der Waals surface area contributed by atoms with E-state index in [2.05, 4.69) is 0 Å². The minimum absolute atomic E-state index is 0.00171. The van der Waals surface area contributed by atoms with E-state index in [0.29, 0.717) is 11.1 Å². The van der Waals surface area contributed by atoms with Gasteiger partial charge in [-0.3, -0.25) is 9.59 Å². The van der Waals surface area contributed by atoms with Gasteiger partial charge in [0.15, 0.2) is 0 Å². The molecule has 0 bridgehead atoms. The van der Waals surface area contributed by atoms with E-state index in [4.69, 9.17) is 25.5 Å². The van der Waals surface area contributed by atoms with Gasteiger partial charge < -0.3 is 14.9 Å². The van der Waals surface area contributed by atoms with Crippen LogP contribution in [0.15, 0.2) is 48.5 Å². The average molecular weight is 404 g/mol. The number of rotatable bonds is 5. The quantitative estimate of drug-likeness (QED) is 0.732. The maximum absolute atomic E-state index is 12.6. The van der Waals surface area contributed by atoms with Gasteiger partial charge in [-0.1, -0.05) is 24.3 Å². The Balaban J connectivity index is 0.000000448. The number of nitrogens with zero attached hydrogens (tertiary/aromatic N) is 2. The average Bonchev–Trinajstić information content (AvgIpc) is 2.67. The molecule has 0 aliphatic heterocycles. The van der Waals surface area contributed by atoms with Crippen LogP contribution in [-0.2, 0) is 27.5 Å². The van der Waals surface area contributed by atoms with E-state index in [1.807, 2.05) is 0 Å². The normalized spacial score (nSPS) is 8.72. The predicted octanol–water partition coefficient (Wildman–Crippen LogP) is 3.09. The molecule has 0 radical (unpaired) electrons. The van der Waals surface area contributed by atoms with Gasteiger partial charge in [-0.2, -0.15) is 10.5 Å². The summed E-state index contributed by atoms with van der Waals surface area (Å²) in [7, 11) is 0. The summed E-state index contributed by atoms with van der Waals surface area (Å²) >= 11 is 0. The van der Waals surface area contributed by atoms with Gasteiger partial charge in [0, 0.05) is 0 Å². The molecule has 29 heavy (non-hydrogen) atoms. The molecule has 2 aromatic carbocycles. The van der Waals surface area contributed by atoms with Gasteiger partial charge in [0.2, 0.25) is 0 Å². The van der Waals surface area contributed by atoms with E-state index in [0.717, 1.165) is 0 Å². The molecule has 2 rings (SSSR count). The van der Waals surface area contributed by atoms with Crippen LogP contribution >= 0.6 is 0 Å². The van der Waals surface area contributed by atoms with E-state index in [-0.39, 0.29) is 31.3 Å². The second-order valence-corrected chi connectivity index (χ2v) is 5.14. The number of halogens is 2. The number of hydrogen-bond donors (Lipinski definition) is 2. The highest BCUT2D eigenvalue weighted by Crippen LogP contribution is 2.05. The summed E-state index contributed by atoms with van der Waals surface area (Å²) in [5.41, 5.74) is 1.17. The van der Waals surface area contributed by atoms with Crippen molar-refractivity contribution in [3.05, 3.63) is 71.3 Å². The highest BCUT2D eigenvalue weighted by Gasteiger charge is 2.02. The second kappa shape index (κ2) is 15.3. The third-order valence-electron chi connectivity index (χ3n) is 2.81. The van der Waals surface area contributed by atoms with Crippen molar-refractivity contribution in [2.45, 2.75) is 26.1 Å². The molecular formula is C20H18F2N2O5. The summed E-state index contributed by atoms with van der Waals surface area (Å²) in [4.78, 5) is 20.1. The van der Waals surface area contributed by atoms with E-state index >= 15 is 0 Å². The van der Waals surface area contributed by atoms with Crippen LogP contribution in [0.5, 0.6) is 0 Å². The molecule has 0 saturated carbocycles. The molecule has 0 fully saturated rings. The van der Waals surface area contributed by atoms with E-state index < -0.39 is 18.4 Å². The number of nitriles is 2. The van der Waals surface area contributed by atoms with Crippen LogP contribution < -0.4 is 0 Å². The summed E-state index contributed by atoms with van der Waals surface area (Å²) in [6, 6.07) is 14.8. The van der Waals surface area contributed by atoms with Gasteiger partial charge >= 0.3 is 11.9 Å². The van der Waals surface area contributed by atoms with Gasteiger partial charge in [0.25, 0.3) is 0 Å². The zero-order valence-electron chi connectivity index (χ0n) is 15.2. The fourth-order valence-electron chi connectivity index (χ4n) is 1.61. The lowest BCUT2D eigenvalue weighted by Gasteiger charge is -2.02. The molecule has 0 unspecified atom stereocenters. The van der Waals surface area contributed by atoms with Crippen molar-refractivity contribution >= 4 is 11.9 Å². The lowest BCUT2D eigenvalue weighted by Crippen LogP contribution is -2.03. The predicted molar refractivity (Wildman–Crippen MR) is 96.6 cm³/mol. The summed E-state index contributed by atoms with van der Waals surface area (Å²) < 4.78 is 29.6. The zero-order chi connectivity index (χ0) is 22.1. The maximum Gasteiger partial charge on any atom is 0.320 e. The Labute approximate surface area is 166 Å². The number of esters is 1. The van der Waals surface area contributed by atoms with Crippen LogP contribution in [-0.4, -0.2) is 22.2 Å². The molecule has 9 heteroatoms. The van der Waals surface area contributed by atoms with Crippen molar-refractivity contribution in [2.24, 2.45) is 0 Å². The first-order valence-electron chi connectivity index (χ1n) is 8.03. The molecule has 0 aliphatic carbocycles. The largest absolute Gasteiger partial charge is 0.480 e. The molecule has 0 atom stereocenters. The van der Waals surface area contributed by atoms with E-state index in [1.165, 1.54) is 36.4 Å². The number of aliphatic carboxylic acids is 1. The topological polar surface area (TPSA) is 131 Å². The zero-order valence-corrected chi connectivity index (χ0v) is 15.2. The van der Waals surface area contributed by atoms with E-state index in [9.17, 15) is 18.4 Å². The summed E-state index contributed by atoms with van der Waals surface area (Å²) in [5.74, 6) is -2.35. The van der Waals surface area contributed by atoms with Gasteiger partial charge in [0.05, 0.1) is 18.7 Å². The number of aliphatic hydroxyl groups excluding tert-OH is 1. The molecule has 0 aromatic heterocycles. The Morgan fingerprint density at radius 1 is 0.931 bits per heavy atom. The highest BCUT2D eigenvalue weighted by atomic mass is 19.1. The Morgan fingerprint density at radius 3 is 1.83 bits per heavy atom. The van der Waals surface area contributed by atoms with Crippen molar-refractivity contribution in [3.8, 4) is 12.1 Å². The number of carboxylic acid groups (broad SMARTS) is 1. The van der Waals surface area contributed by atoms with Crippen LogP contribution in [0.4, 0.5) is 8.78 Å². The number of benzene rings is 2. The maximum atomic E-state index is 12.6. The molecule has 7 nitrogen and oxygen atoms in total. The fraction of sp³-hybridized carbons (Fsp3) is 0.200. The van der Waals surface area contributed by atoms with Crippen molar-refractivity contribution in [1.29, 1.82) is 10.5 Å². The molecule has 0 heterocycles. The first-order valence-corrected chi connectivity index (χ1v) is 8.03. The van der Waals surface area contributed by atoms with Crippen molar-refractivity contribution < 1.29 is 33.3 Å². The molecule has 0 amide bonds. The molecule has 2 N–H and O–H groups in total. The smallest absolute Gasteiger partial charge is 0.320 e. The minimum atomic E-state index is -1.07. The number of hydrogen-bond acceptors (Lipinski definition) is 6. The lowest BCUT2D eigenvalue weighted by molar-refractivity contribution is -0.143. The van der Waals surface area contributed by atoms with Crippen LogP contribution in [0.3, 0.4) is 0 Å². The van der Waals surface area contributed by atoms with Crippen molar-refractivity contribution in [3.63, 3.8) is 0 Å². The van der Waals surface area contributed by atoms with Crippen molar-refractivity contribution in [2.75, 3.05) is 0 Å². The van der Waals surface area contributed by atoms with Crippen LogP contribution in [0.1, 0.15) is 24.0 Å². The third kappa shape index (κ3) is 14.0. The van der Waals surface area contributed by atoms with Crippen molar-refractivity contribution in [1.82, 2.24) is 0 Å². The monoisotopic (exact) mass is 404 g/mol. The number of carbonyl (C=O) groups is 2. The SMILES string of the molecule is N#CCC(=O)O.N#CCC(=O)OCc1cccc(F)c1.OCc1cccc(F)c1. The first kappa shape index (κ1) is 25.2. The summed E-state index contributed by atoms with van der Waals surface area (Å²) in [5, 5.41) is 32.0. The standard InChI is InChI=1S/C10H8FNO2.C7H7FO.C3H3NO2/c11-9-3-1-2-8(6-9)7-14-10(13)4-5-12;8-7-3-1-2-6(4-7)5-9;4-2-1-3(5)6/h1-3,6H,4,7H2;1-4,9H,5H2;1H2,(H,5,6). The highest BCUT2D eigenvalue weighted by molar-refractivity contribution is 5.71. The first-order chi connectivity index (χ1) is 13.8. The van der Waals surface area contributed by atoms with Gasteiger partial charge in [-0.25, -0.2) is 8.78 Å². The molecule has 2 aromatic rings. The third-order valence-corrected chi connectivity index (χ3v) is 2.81. The number of carboxylic acids is 1. The van der Waals surface area contributed by atoms with Crippen LogP contribution in [0.25, 0.3) is 0 Å². The van der Waals surface area contributed by atoms with Gasteiger partial charge in [0.1, 0.15) is 31.1 Å². The number of aliphatic hydroxyl groups is 1. The molecule has 152 valence electrons. The molecule has 0 spiro atoms. The Kier molecular flexibility index (Phi) is 13.2. The Morgan fingerprint density at radius 2 is 1.45 bits per heavy atom. The van der Waals surface area contributed by atoms with Gasteiger partial charge in [-0.05, 0) is 35.4 Å². The van der Waals surface area contributed by atoms with Crippen LogP contribution in [0.2, 0.25) is 0 Å². The van der Waals surface area contributed by atoms with E-state index in [1.54, 1.807) is 24.3 Å². The molecule has 0 aliphatic rings. The Bertz CT molecular complexity index is 876. The number of carbonyl (C=O) groups excluding carboxylic acids is 1. The number of ether oxygens (including phenoxy) is 1. The summed E-state index contributed by atoms with van der Waals surface area (Å²) in [6.07, 6.45) is -0.685. The molecule has 0 saturated heterocycles. The van der Waals surface area contributed by atoms with Gasteiger partial charge in [-0.15, -0.1) is 0 Å². The molecular weight excluding hydrogens is 386 g/mol.